The van der Waals surface area contributed by atoms with Gasteiger partial charge in [0.15, 0.2) is 6.61 Å². The van der Waals surface area contributed by atoms with E-state index >= 15 is 0 Å². The lowest BCUT2D eigenvalue weighted by molar-refractivity contribution is -0.118. The van der Waals surface area contributed by atoms with Crippen LogP contribution in [0.2, 0.25) is 0 Å². The molecule has 2 heterocycles. The van der Waals surface area contributed by atoms with Crippen LogP contribution < -0.4 is 10.1 Å². The molecule has 0 aromatic carbocycles. The summed E-state index contributed by atoms with van der Waals surface area (Å²) in [7, 11) is 1.77. The van der Waals surface area contributed by atoms with Gasteiger partial charge in [0.1, 0.15) is 5.69 Å². The number of aryl methyl sites for hydroxylation is 1. The van der Waals surface area contributed by atoms with Gasteiger partial charge in [0.05, 0.1) is 6.20 Å². The van der Waals surface area contributed by atoms with Crippen LogP contribution in [0.4, 0.5) is 5.69 Å². The number of carbonyl (C=O) groups is 1. The van der Waals surface area contributed by atoms with Gasteiger partial charge < -0.3 is 10.1 Å². The minimum absolute atomic E-state index is 0.0595. The first kappa shape index (κ1) is 6.21. The lowest BCUT2D eigenvalue weighted by atomic mass is 10.4. The molecule has 0 aliphatic carbocycles. The first-order valence-corrected chi connectivity index (χ1v) is 3.22. The van der Waals surface area contributed by atoms with Gasteiger partial charge in [-0.05, 0) is 0 Å². The largest absolute Gasteiger partial charge is 0.465 e. The average molecular weight is 153 g/mol. The van der Waals surface area contributed by atoms with Crippen LogP contribution in [0.5, 0.6) is 5.88 Å². The summed E-state index contributed by atoms with van der Waals surface area (Å²) in [5.41, 5.74) is 0.642. The van der Waals surface area contributed by atoms with Crippen molar-refractivity contribution in [1.82, 2.24) is 9.78 Å². The first-order chi connectivity index (χ1) is 5.25. The molecule has 0 fully saturated rings. The quantitative estimate of drug-likeness (QED) is 0.559. The fraction of sp³-hybridized carbons (Fsp3) is 0.333. The minimum Gasteiger partial charge on any atom is -0.465 e. The summed E-state index contributed by atoms with van der Waals surface area (Å²) in [5.74, 6) is 0.359. The number of carbonyl (C=O) groups excluding carboxylic acids is 1. The summed E-state index contributed by atoms with van der Waals surface area (Å²) < 4.78 is 6.61. The number of nitrogens with one attached hydrogen (secondary N) is 1. The standard InChI is InChI=1S/C6H7N3O2/c1-9-2-4-6(8-9)11-3-5(10)7-4/h2H,3H2,1H3,(H,7,10). The van der Waals surface area contributed by atoms with Crippen molar-refractivity contribution in [3.05, 3.63) is 6.20 Å². The molecule has 0 saturated carbocycles. The third-order valence-corrected chi connectivity index (χ3v) is 1.41. The molecule has 0 saturated heterocycles. The predicted octanol–water partition coefficient (Wildman–Crippen LogP) is -0.249. The van der Waals surface area contributed by atoms with Crippen LogP contribution in [0.15, 0.2) is 6.20 Å². The molecule has 0 radical (unpaired) electrons. The van der Waals surface area contributed by atoms with Crippen molar-refractivity contribution in [2.45, 2.75) is 0 Å². The van der Waals surface area contributed by atoms with Gasteiger partial charge in [-0.15, -0.1) is 5.10 Å². The number of ether oxygens (including phenoxy) is 1. The highest BCUT2D eigenvalue weighted by molar-refractivity contribution is 5.94. The number of aromatic nitrogens is 2. The molecule has 1 aliphatic rings. The summed E-state index contributed by atoms with van der Waals surface area (Å²) in [4.78, 5) is 10.8. The Hall–Kier alpha value is -1.52. The van der Waals surface area contributed by atoms with E-state index in [1.165, 1.54) is 0 Å². The van der Waals surface area contributed by atoms with Gasteiger partial charge >= 0.3 is 0 Å². The van der Waals surface area contributed by atoms with E-state index in [2.05, 4.69) is 10.4 Å². The minimum atomic E-state index is -0.134. The normalized spacial score (nSPS) is 15.2. The third-order valence-electron chi connectivity index (χ3n) is 1.41. The zero-order chi connectivity index (χ0) is 7.84. The van der Waals surface area contributed by atoms with Crippen molar-refractivity contribution < 1.29 is 9.53 Å². The molecule has 1 aromatic rings. The predicted molar refractivity (Wildman–Crippen MR) is 37.3 cm³/mol. The van der Waals surface area contributed by atoms with E-state index in [1.807, 2.05) is 0 Å². The number of nitrogens with zero attached hydrogens (tertiary/aromatic N) is 2. The molecule has 58 valence electrons. The number of amides is 1. The highest BCUT2D eigenvalue weighted by atomic mass is 16.5. The van der Waals surface area contributed by atoms with Crippen molar-refractivity contribution >= 4 is 11.6 Å². The third kappa shape index (κ3) is 0.938. The Balaban J connectivity index is 2.41. The van der Waals surface area contributed by atoms with Gasteiger partial charge in [-0.1, -0.05) is 0 Å². The summed E-state index contributed by atoms with van der Waals surface area (Å²) >= 11 is 0. The number of fused-ring (bicyclic) bond motifs is 1. The first-order valence-electron chi connectivity index (χ1n) is 3.22. The molecule has 1 amide bonds. The Morgan fingerprint density at radius 1 is 1.82 bits per heavy atom. The van der Waals surface area contributed by atoms with Crippen LogP contribution in [-0.4, -0.2) is 22.3 Å². The molecule has 11 heavy (non-hydrogen) atoms. The molecule has 1 aliphatic heterocycles. The maximum atomic E-state index is 10.8. The van der Waals surface area contributed by atoms with Crippen molar-refractivity contribution in [2.24, 2.45) is 7.05 Å². The van der Waals surface area contributed by atoms with Crippen LogP contribution in [0.25, 0.3) is 0 Å². The van der Waals surface area contributed by atoms with Gasteiger partial charge in [-0.2, -0.15) is 0 Å². The van der Waals surface area contributed by atoms with Crippen molar-refractivity contribution in [3.8, 4) is 5.88 Å². The molecule has 2 rings (SSSR count). The Morgan fingerprint density at radius 2 is 2.64 bits per heavy atom. The van der Waals surface area contributed by atoms with E-state index in [0.717, 1.165) is 0 Å². The molecule has 0 bridgehead atoms. The van der Waals surface area contributed by atoms with Gasteiger partial charge in [-0.25, -0.2) is 0 Å². The van der Waals surface area contributed by atoms with E-state index in [4.69, 9.17) is 4.74 Å². The maximum Gasteiger partial charge on any atom is 0.262 e. The average Bonchev–Trinajstić information content (AvgIpc) is 2.27. The molecule has 0 atom stereocenters. The molecule has 5 nitrogen and oxygen atoms in total. The van der Waals surface area contributed by atoms with Gasteiger partial charge in [-0.3, -0.25) is 9.48 Å². The Labute approximate surface area is 63.0 Å². The second kappa shape index (κ2) is 1.98. The molecule has 1 N–H and O–H groups in total. The SMILES string of the molecule is Cn1cc2c(n1)OCC(=O)N2. The number of anilines is 1. The zero-order valence-electron chi connectivity index (χ0n) is 6.00. The van der Waals surface area contributed by atoms with Crippen LogP contribution in [0, 0.1) is 0 Å². The van der Waals surface area contributed by atoms with E-state index in [9.17, 15) is 4.79 Å². The van der Waals surface area contributed by atoms with Crippen molar-refractivity contribution in [2.75, 3.05) is 11.9 Å². The fourth-order valence-corrected chi connectivity index (χ4v) is 0.981. The smallest absolute Gasteiger partial charge is 0.262 e. The number of hydrogen-bond acceptors (Lipinski definition) is 3. The van der Waals surface area contributed by atoms with Crippen LogP contribution >= 0.6 is 0 Å². The van der Waals surface area contributed by atoms with Crippen LogP contribution in [0.3, 0.4) is 0 Å². The Bertz CT molecular complexity index is 305. The molecule has 5 heteroatoms. The van der Waals surface area contributed by atoms with E-state index in [0.29, 0.717) is 11.6 Å². The summed E-state index contributed by atoms with van der Waals surface area (Å²) in [5, 5.41) is 6.60. The molecule has 0 unspecified atom stereocenters. The fourth-order valence-electron chi connectivity index (χ4n) is 0.981. The van der Waals surface area contributed by atoms with Crippen LogP contribution in [-0.2, 0) is 11.8 Å². The van der Waals surface area contributed by atoms with Crippen molar-refractivity contribution in [1.29, 1.82) is 0 Å². The lowest BCUT2D eigenvalue weighted by Gasteiger charge is -2.10. The summed E-state index contributed by atoms with van der Waals surface area (Å²) in [6.07, 6.45) is 1.70. The lowest BCUT2D eigenvalue weighted by Crippen LogP contribution is -2.24. The monoisotopic (exact) mass is 153 g/mol. The van der Waals surface area contributed by atoms with Crippen LogP contribution in [0.1, 0.15) is 0 Å². The van der Waals surface area contributed by atoms with E-state index in [-0.39, 0.29) is 12.5 Å². The summed E-state index contributed by atoms with van der Waals surface area (Å²) in [6.45, 7) is 0.0595. The highest BCUT2D eigenvalue weighted by Gasteiger charge is 2.18. The maximum absolute atomic E-state index is 10.8. The van der Waals surface area contributed by atoms with Gasteiger partial charge in [0.2, 0.25) is 0 Å². The topological polar surface area (TPSA) is 56.2 Å². The van der Waals surface area contributed by atoms with E-state index in [1.54, 1.807) is 17.9 Å². The van der Waals surface area contributed by atoms with Gasteiger partial charge in [0, 0.05) is 7.05 Å². The molecular weight excluding hydrogens is 146 g/mol. The number of hydrogen-bond donors (Lipinski definition) is 1. The van der Waals surface area contributed by atoms with Gasteiger partial charge in [0.25, 0.3) is 11.8 Å². The highest BCUT2D eigenvalue weighted by Crippen LogP contribution is 2.23. The molecule has 1 aromatic heterocycles. The zero-order valence-corrected chi connectivity index (χ0v) is 6.00. The second-order valence-corrected chi connectivity index (χ2v) is 2.36. The molecule has 0 spiro atoms. The second-order valence-electron chi connectivity index (χ2n) is 2.36. The molecular formula is C6H7N3O2. The Morgan fingerprint density at radius 3 is 3.45 bits per heavy atom. The Kier molecular flexibility index (Phi) is 1.12. The van der Waals surface area contributed by atoms with Crippen molar-refractivity contribution in [3.63, 3.8) is 0 Å². The number of rotatable bonds is 0. The van der Waals surface area contributed by atoms with E-state index < -0.39 is 0 Å². The summed E-state index contributed by atoms with van der Waals surface area (Å²) in [6, 6.07) is 0.